The van der Waals surface area contributed by atoms with Gasteiger partial charge in [-0.3, -0.25) is 4.79 Å². The molecule has 1 heterocycles. The van der Waals surface area contributed by atoms with E-state index in [0.29, 0.717) is 11.4 Å². The highest BCUT2D eigenvalue weighted by Gasteiger charge is 2.25. The van der Waals surface area contributed by atoms with E-state index >= 15 is 0 Å². The second-order valence-electron chi connectivity index (χ2n) is 5.87. The maximum atomic E-state index is 13.6. The molecule has 2 aromatic rings. The Labute approximate surface area is 135 Å². The van der Waals surface area contributed by atoms with Crippen LogP contribution in [0.25, 0.3) is 0 Å². The van der Waals surface area contributed by atoms with E-state index in [9.17, 15) is 9.18 Å². The molecule has 1 aromatic heterocycles. The van der Waals surface area contributed by atoms with Gasteiger partial charge in [-0.2, -0.15) is 0 Å². The molecule has 1 aliphatic rings. The zero-order valence-corrected chi connectivity index (χ0v) is 13.1. The molecule has 4 nitrogen and oxygen atoms in total. The molecule has 0 aliphatic heterocycles. The van der Waals surface area contributed by atoms with Crippen molar-refractivity contribution in [1.29, 1.82) is 0 Å². The van der Waals surface area contributed by atoms with Gasteiger partial charge in [0.2, 0.25) is 5.91 Å². The highest BCUT2D eigenvalue weighted by atomic mass is 19.1. The number of nitrogens with zero attached hydrogens (tertiary/aromatic N) is 2. The number of aryl methyl sites for hydroxylation is 1. The van der Waals surface area contributed by atoms with Crippen LogP contribution in [0.15, 0.2) is 48.8 Å². The Kier molecular flexibility index (Phi) is 4.55. The van der Waals surface area contributed by atoms with Gasteiger partial charge >= 0.3 is 0 Å². The fourth-order valence-corrected chi connectivity index (χ4v) is 2.93. The molecular formula is C18H20FN3O. The van der Waals surface area contributed by atoms with Crippen LogP contribution < -0.4 is 5.32 Å². The van der Waals surface area contributed by atoms with E-state index in [-0.39, 0.29) is 17.6 Å². The van der Waals surface area contributed by atoms with Crippen molar-refractivity contribution in [3.05, 3.63) is 66.0 Å². The summed E-state index contributed by atoms with van der Waals surface area (Å²) in [5.74, 6) is 0.329. The van der Waals surface area contributed by atoms with E-state index in [1.807, 2.05) is 30.0 Å². The summed E-state index contributed by atoms with van der Waals surface area (Å²) in [6.07, 6.45) is 10.2. The standard InChI is InChI=1S/C18H20FN3O/c1-22-11-10-20-17(22)16(14-8-5-9-15(19)12-14)21-18(23)13-6-3-2-4-7-13/h2-3,5,8-13,16H,4,6-7H2,1H3,(H,21,23)/t13-,16+/m0/s1. The molecule has 2 atom stereocenters. The Morgan fingerprint density at radius 2 is 2.30 bits per heavy atom. The van der Waals surface area contributed by atoms with Crippen molar-refractivity contribution < 1.29 is 9.18 Å². The van der Waals surface area contributed by atoms with Gasteiger partial charge in [0.1, 0.15) is 17.7 Å². The third kappa shape index (κ3) is 3.50. The number of amides is 1. The molecule has 23 heavy (non-hydrogen) atoms. The molecule has 1 N–H and O–H groups in total. The molecule has 0 radical (unpaired) electrons. The zero-order valence-electron chi connectivity index (χ0n) is 13.1. The number of nitrogens with one attached hydrogen (secondary N) is 1. The van der Waals surface area contributed by atoms with Crippen molar-refractivity contribution in [3.8, 4) is 0 Å². The molecule has 5 heteroatoms. The van der Waals surface area contributed by atoms with Crippen LogP contribution in [0.4, 0.5) is 4.39 Å². The zero-order chi connectivity index (χ0) is 16.2. The first kappa shape index (κ1) is 15.5. The summed E-state index contributed by atoms with van der Waals surface area (Å²) in [6, 6.07) is 5.84. The van der Waals surface area contributed by atoms with E-state index in [1.54, 1.807) is 12.3 Å². The van der Waals surface area contributed by atoms with Gasteiger partial charge in [0.15, 0.2) is 0 Å². The van der Waals surface area contributed by atoms with Crippen molar-refractivity contribution in [1.82, 2.24) is 14.9 Å². The lowest BCUT2D eigenvalue weighted by Crippen LogP contribution is -2.36. The van der Waals surface area contributed by atoms with Crippen LogP contribution in [0.3, 0.4) is 0 Å². The lowest BCUT2D eigenvalue weighted by atomic mass is 9.93. The molecule has 0 fully saturated rings. The molecule has 120 valence electrons. The van der Waals surface area contributed by atoms with E-state index in [2.05, 4.69) is 16.4 Å². The highest BCUT2D eigenvalue weighted by Crippen LogP contribution is 2.24. The minimum atomic E-state index is -0.455. The first-order valence-electron chi connectivity index (χ1n) is 7.83. The largest absolute Gasteiger partial charge is 0.342 e. The van der Waals surface area contributed by atoms with Gasteiger partial charge in [-0.1, -0.05) is 24.3 Å². The molecular weight excluding hydrogens is 293 g/mol. The van der Waals surface area contributed by atoms with Crippen LogP contribution in [-0.4, -0.2) is 15.5 Å². The SMILES string of the molecule is Cn1ccnc1[C@H](NC(=O)[C@H]1CC=CCC1)c1cccc(F)c1. The predicted molar refractivity (Wildman–Crippen MR) is 86.1 cm³/mol. The van der Waals surface area contributed by atoms with E-state index < -0.39 is 6.04 Å². The number of carbonyl (C=O) groups excluding carboxylic acids is 1. The topological polar surface area (TPSA) is 46.9 Å². The molecule has 0 spiro atoms. The number of carbonyl (C=O) groups is 1. The lowest BCUT2D eigenvalue weighted by molar-refractivity contribution is -0.125. The van der Waals surface area contributed by atoms with Gasteiger partial charge in [0.25, 0.3) is 0 Å². The van der Waals surface area contributed by atoms with Gasteiger partial charge in [-0.15, -0.1) is 0 Å². The molecule has 0 saturated heterocycles. The Hall–Kier alpha value is -2.43. The van der Waals surface area contributed by atoms with E-state index in [1.165, 1.54) is 12.1 Å². The smallest absolute Gasteiger partial charge is 0.224 e. The average molecular weight is 313 g/mol. The average Bonchev–Trinajstić information content (AvgIpc) is 2.99. The number of hydrogen-bond donors (Lipinski definition) is 1. The minimum absolute atomic E-state index is 0.00777. The summed E-state index contributed by atoms with van der Waals surface area (Å²) in [6.45, 7) is 0. The van der Waals surface area contributed by atoms with Crippen LogP contribution in [0, 0.1) is 11.7 Å². The van der Waals surface area contributed by atoms with Crippen molar-refractivity contribution in [2.24, 2.45) is 13.0 Å². The summed E-state index contributed by atoms with van der Waals surface area (Å²) >= 11 is 0. The first-order chi connectivity index (χ1) is 11.1. The van der Waals surface area contributed by atoms with Gasteiger partial charge < -0.3 is 9.88 Å². The van der Waals surface area contributed by atoms with E-state index in [0.717, 1.165) is 19.3 Å². The Bertz CT molecular complexity index is 723. The van der Waals surface area contributed by atoms with Gasteiger partial charge in [0.05, 0.1) is 0 Å². The Morgan fingerprint density at radius 3 is 2.96 bits per heavy atom. The molecule has 0 saturated carbocycles. The quantitative estimate of drug-likeness (QED) is 0.882. The molecule has 1 amide bonds. The fourth-order valence-electron chi connectivity index (χ4n) is 2.93. The number of benzene rings is 1. The Morgan fingerprint density at radius 1 is 1.43 bits per heavy atom. The van der Waals surface area contributed by atoms with Crippen LogP contribution in [0.2, 0.25) is 0 Å². The first-order valence-corrected chi connectivity index (χ1v) is 7.83. The van der Waals surface area contributed by atoms with Crippen LogP contribution in [0.1, 0.15) is 36.7 Å². The number of allylic oxidation sites excluding steroid dienone is 2. The van der Waals surface area contributed by atoms with Crippen LogP contribution >= 0.6 is 0 Å². The van der Waals surface area contributed by atoms with Crippen molar-refractivity contribution >= 4 is 5.91 Å². The number of halogens is 1. The summed E-state index contributed by atoms with van der Waals surface area (Å²) < 4.78 is 15.5. The maximum absolute atomic E-state index is 13.6. The van der Waals surface area contributed by atoms with Crippen LogP contribution in [0.5, 0.6) is 0 Å². The minimum Gasteiger partial charge on any atom is -0.342 e. The number of hydrogen-bond acceptors (Lipinski definition) is 2. The summed E-state index contributed by atoms with van der Waals surface area (Å²) in [4.78, 5) is 16.9. The second-order valence-corrected chi connectivity index (χ2v) is 5.87. The maximum Gasteiger partial charge on any atom is 0.224 e. The van der Waals surface area contributed by atoms with Crippen molar-refractivity contribution in [2.45, 2.75) is 25.3 Å². The molecule has 1 aromatic carbocycles. The summed E-state index contributed by atoms with van der Waals surface area (Å²) in [5.41, 5.74) is 0.694. The third-order valence-corrected chi connectivity index (χ3v) is 4.23. The monoisotopic (exact) mass is 313 g/mol. The number of imidazole rings is 1. The Balaban J connectivity index is 1.88. The highest BCUT2D eigenvalue weighted by molar-refractivity contribution is 5.79. The summed E-state index contributed by atoms with van der Waals surface area (Å²) in [5, 5.41) is 3.05. The predicted octanol–water partition coefficient (Wildman–Crippen LogP) is 3.12. The van der Waals surface area contributed by atoms with Crippen molar-refractivity contribution in [3.63, 3.8) is 0 Å². The second kappa shape index (κ2) is 6.77. The van der Waals surface area contributed by atoms with Crippen molar-refractivity contribution in [2.75, 3.05) is 0 Å². The fraction of sp³-hybridized carbons (Fsp3) is 0.333. The number of aromatic nitrogens is 2. The van der Waals surface area contributed by atoms with Gasteiger partial charge in [-0.25, -0.2) is 9.37 Å². The lowest BCUT2D eigenvalue weighted by Gasteiger charge is -2.23. The molecule has 3 rings (SSSR count). The van der Waals surface area contributed by atoms with Gasteiger partial charge in [-0.05, 0) is 37.0 Å². The summed E-state index contributed by atoms with van der Waals surface area (Å²) in [7, 11) is 1.87. The van der Waals surface area contributed by atoms with Gasteiger partial charge in [0, 0.05) is 25.4 Å². The molecule has 0 unspecified atom stereocenters. The molecule has 1 aliphatic carbocycles. The normalized spacial score (nSPS) is 18.6. The van der Waals surface area contributed by atoms with E-state index in [4.69, 9.17) is 0 Å². The van der Waals surface area contributed by atoms with Crippen LogP contribution in [-0.2, 0) is 11.8 Å². The number of rotatable bonds is 4. The molecule has 0 bridgehead atoms. The third-order valence-electron chi connectivity index (χ3n) is 4.23.